The Hall–Kier alpha value is -1.09. The van der Waals surface area contributed by atoms with Crippen LogP contribution in [0.3, 0.4) is 0 Å². The molecule has 0 saturated carbocycles. The van der Waals surface area contributed by atoms with E-state index in [0.717, 1.165) is 18.7 Å². The largest absolute Gasteiger partial charge is 0.368 e. The minimum absolute atomic E-state index is 0.146. The van der Waals surface area contributed by atoms with Crippen LogP contribution in [-0.2, 0) is 6.54 Å². The van der Waals surface area contributed by atoms with Crippen molar-refractivity contribution in [3.63, 3.8) is 0 Å². The van der Waals surface area contributed by atoms with Gasteiger partial charge in [-0.15, -0.1) is 0 Å². The molecule has 1 aliphatic heterocycles. The van der Waals surface area contributed by atoms with Crippen LogP contribution < -0.4 is 10.2 Å². The summed E-state index contributed by atoms with van der Waals surface area (Å²) in [5, 5.41) is 3.40. The molecule has 1 N–H and O–H groups in total. The highest BCUT2D eigenvalue weighted by atomic mass is 19.1. The normalized spacial score (nSPS) is 23.4. The molecule has 1 aliphatic rings. The number of nitrogens with one attached hydrogen (secondary N) is 1. The van der Waals surface area contributed by atoms with Crippen molar-refractivity contribution >= 4 is 5.69 Å². The van der Waals surface area contributed by atoms with Gasteiger partial charge in [0.1, 0.15) is 5.82 Å². The smallest absolute Gasteiger partial charge is 0.123 e. The van der Waals surface area contributed by atoms with Crippen LogP contribution in [0, 0.1) is 11.7 Å². The Bertz CT molecular complexity index is 445. The summed E-state index contributed by atoms with van der Waals surface area (Å²) in [7, 11) is 0. The second-order valence-corrected chi connectivity index (χ2v) is 6.49. The lowest BCUT2D eigenvalue weighted by atomic mass is 9.93. The first-order valence-corrected chi connectivity index (χ1v) is 7.75. The zero-order chi connectivity index (χ0) is 14.7. The first-order valence-electron chi connectivity index (χ1n) is 7.75. The summed E-state index contributed by atoms with van der Waals surface area (Å²) in [6, 6.07) is 6.15. The number of piperidine rings is 1. The van der Waals surface area contributed by atoms with E-state index in [9.17, 15) is 4.39 Å². The monoisotopic (exact) mass is 278 g/mol. The van der Waals surface area contributed by atoms with Crippen LogP contribution >= 0.6 is 0 Å². The number of hydrogen-bond donors (Lipinski definition) is 1. The summed E-state index contributed by atoms with van der Waals surface area (Å²) in [4.78, 5) is 2.45. The molecule has 0 bridgehead atoms. The number of nitrogens with zero attached hydrogens (tertiary/aromatic N) is 1. The van der Waals surface area contributed by atoms with Gasteiger partial charge >= 0.3 is 0 Å². The topological polar surface area (TPSA) is 15.3 Å². The van der Waals surface area contributed by atoms with Gasteiger partial charge in [0.2, 0.25) is 0 Å². The lowest BCUT2D eigenvalue weighted by Crippen LogP contribution is -2.41. The SMILES string of the molecule is CC1CCC(C)N(c2ccc(F)cc2CNC(C)C)C1. The third-order valence-corrected chi connectivity index (χ3v) is 4.17. The van der Waals surface area contributed by atoms with Crippen LogP contribution in [0.4, 0.5) is 10.1 Å². The summed E-state index contributed by atoms with van der Waals surface area (Å²) < 4.78 is 13.6. The summed E-state index contributed by atoms with van der Waals surface area (Å²) in [5.74, 6) is 0.564. The van der Waals surface area contributed by atoms with E-state index in [0.29, 0.717) is 18.0 Å². The molecule has 0 spiro atoms. The Labute approximate surface area is 122 Å². The average Bonchev–Trinajstić information content (AvgIpc) is 2.39. The fraction of sp³-hybridized carbons (Fsp3) is 0.647. The minimum Gasteiger partial charge on any atom is -0.368 e. The van der Waals surface area contributed by atoms with Gasteiger partial charge in [0.15, 0.2) is 0 Å². The first-order chi connectivity index (χ1) is 9.47. The van der Waals surface area contributed by atoms with E-state index >= 15 is 0 Å². The fourth-order valence-corrected chi connectivity index (χ4v) is 2.91. The Morgan fingerprint density at radius 3 is 2.75 bits per heavy atom. The van der Waals surface area contributed by atoms with Crippen LogP contribution in [0.25, 0.3) is 0 Å². The summed E-state index contributed by atoms with van der Waals surface area (Å²) in [5.41, 5.74) is 2.26. The highest BCUT2D eigenvalue weighted by Gasteiger charge is 2.24. The fourth-order valence-electron chi connectivity index (χ4n) is 2.91. The van der Waals surface area contributed by atoms with E-state index in [-0.39, 0.29) is 5.82 Å². The highest BCUT2D eigenvalue weighted by molar-refractivity contribution is 5.55. The number of hydrogen-bond acceptors (Lipinski definition) is 2. The van der Waals surface area contributed by atoms with Gasteiger partial charge in [0.25, 0.3) is 0 Å². The molecule has 0 aromatic heterocycles. The van der Waals surface area contributed by atoms with Crippen LogP contribution in [0.15, 0.2) is 18.2 Å². The first kappa shape index (κ1) is 15.3. The maximum atomic E-state index is 13.6. The van der Waals surface area contributed by atoms with Gasteiger partial charge in [-0.1, -0.05) is 20.8 Å². The van der Waals surface area contributed by atoms with E-state index in [1.807, 2.05) is 6.07 Å². The number of halogens is 1. The molecule has 3 heteroatoms. The molecule has 2 atom stereocenters. The molecule has 2 nitrogen and oxygen atoms in total. The molecule has 0 radical (unpaired) electrons. The molecule has 1 saturated heterocycles. The van der Waals surface area contributed by atoms with Gasteiger partial charge < -0.3 is 10.2 Å². The lowest BCUT2D eigenvalue weighted by molar-refractivity contribution is 0.389. The predicted molar refractivity (Wildman–Crippen MR) is 83.6 cm³/mol. The number of anilines is 1. The van der Waals surface area contributed by atoms with Crippen molar-refractivity contribution in [2.75, 3.05) is 11.4 Å². The third kappa shape index (κ3) is 3.72. The molecular formula is C17H27FN2. The zero-order valence-corrected chi connectivity index (χ0v) is 13.1. The van der Waals surface area contributed by atoms with Crippen molar-refractivity contribution in [2.45, 2.75) is 59.2 Å². The third-order valence-electron chi connectivity index (χ3n) is 4.17. The summed E-state index contributed by atoms with van der Waals surface area (Å²) in [6.45, 7) is 10.6. The molecule has 2 rings (SSSR count). The van der Waals surface area contributed by atoms with Gasteiger partial charge in [-0.3, -0.25) is 0 Å². The minimum atomic E-state index is -0.146. The molecular weight excluding hydrogens is 251 g/mol. The van der Waals surface area contributed by atoms with E-state index in [1.165, 1.54) is 18.5 Å². The van der Waals surface area contributed by atoms with Gasteiger partial charge in [-0.2, -0.15) is 0 Å². The van der Waals surface area contributed by atoms with Crippen molar-refractivity contribution in [1.29, 1.82) is 0 Å². The van der Waals surface area contributed by atoms with Crippen LogP contribution in [0.2, 0.25) is 0 Å². The summed E-state index contributed by atoms with van der Waals surface area (Å²) in [6.07, 6.45) is 2.51. The van der Waals surface area contributed by atoms with Gasteiger partial charge in [0.05, 0.1) is 0 Å². The van der Waals surface area contributed by atoms with E-state index in [4.69, 9.17) is 0 Å². The molecule has 20 heavy (non-hydrogen) atoms. The second-order valence-electron chi connectivity index (χ2n) is 6.49. The Kier molecular flexibility index (Phi) is 5.03. The van der Waals surface area contributed by atoms with E-state index < -0.39 is 0 Å². The van der Waals surface area contributed by atoms with Crippen molar-refractivity contribution in [2.24, 2.45) is 5.92 Å². The predicted octanol–water partition coefficient (Wildman–Crippen LogP) is 3.95. The molecule has 1 heterocycles. The van der Waals surface area contributed by atoms with Crippen molar-refractivity contribution in [1.82, 2.24) is 5.32 Å². The molecule has 112 valence electrons. The van der Waals surface area contributed by atoms with Crippen molar-refractivity contribution in [3.05, 3.63) is 29.6 Å². The van der Waals surface area contributed by atoms with Crippen LogP contribution in [-0.4, -0.2) is 18.6 Å². The summed E-state index contributed by atoms with van der Waals surface area (Å²) >= 11 is 0. The molecule has 2 unspecified atom stereocenters. The van der Waals surface area contributed by atoms with Gasteiger partial charge in [0, 0.05) is 30.9 Å². The van der Waals surface area contributed by atoms with Gasteiger partial charge in [-0.25, -0.2) is 4.39 Å². The molecule has 1 aromatic carbocycles. The molecule has 0 amide bonds. The Morgan fingerprint density at radius 1 is 1.30 bits per heavy atom. The van der Waals surface area contributed by atoms with Crippen molar-refractivity contribution in [3.8, 4) is 0 Å². The zero-order valence-electron chi connectivity index (χ0n) is 13.1. The van der Waals surface area contributed by atoms with Crippen LogP contribution in [0.5, 0.6) is 0 Å². The lowest BCUT2D eigenvalue weighted by Gasteiger charge is -2.39. The number of benzene rings is 1. The maximum Gasteiger partial charge on any atom is 0.123 e. The standard InChI is InChI=1S/C17H27FN2/c1-12(2)19-10-15-9-16(18)7-8-17(15)20-11-13(3)5-6-14(20)4/h7-9,12-14,19H,5-6,10-11H2,1-4H3. The average molecular weight is 278 g/mol. The van der Waals surface area contributed by atoms with E-state index in [1.54, 1.807) is 12.1 Å². The highest BCUT2D eigenvalue weighted by Crippen LogP contribution is 2.30. The Morgan fingerprint density at radius 2 is 2.05 bits per heavy atom. The molecule has 0 aliphatic carbocycles. The van der Waals surface area contributed by atoms with Gasteiger partial charge in [-0.05, 0) is 49.4 Å². The van der Waals surface area contributed by atoms with Crippen molar-refractivity contribution < 1.29 is 4.39 Å². The quantitative estimate of drug-likeness (QED) is 0.897. The van der Waals surface area contributed by atoms with Crippen LogP contribution in [0.1, 0.15) is 46.1 Å². The number of rotatable bonds is 4. The maximum absolute atomic E-state index is 13.6. The molecule has 1 fully saturated rings. The van der Waals surface area contributed by atoms with E-state index in [2.05, 4.69) is 37.9 Å². The second kappa shape index (κ2) is 6.57. The Balaban J connectivity index is 2.24. The molecule has 1 aromatic rings.